The van der Waals surface area contributed by atoms with E-state index >= 15 is 0 Å². The second-order valence-electron chi connectivity index (χ2n) is 2.38. The third-order valence-electron chi connectivity index (χ3n) is 1.20. The maximum Gasteiger partial charge on any atom is 0.356 e. The van der Waals surface area contributed by atoms with Gasteiger partial charge in [0.25, 0.3) is 0 Å². The normalized spacial score (nSPS) is 11.9. The smallest absolute Gasteiger partial charge is 0.356 e. The van der Waals surface area contributed by atoms with E-state index in [1.165, 1.54) is 0 Å². The van der Waals surface area contributed by atoms with Gasteiger partial charge in [-0.1, -0.05) is 0 Å². The minimum Gasteiger partial charge on any atom is -0.368 e. The zero-order valence-electron chi connectivity index (χ0n) is 8.16. The number of alkyl halides is 3. The van der Waals surface area contributed by atoms with Crippen LogP contribution in [0.4, 0.5) is 0 Å². The molecule has 0 rings (SSSR count). The first-order chi connectivity index (χ1) is 7.18. The van der Waals surface area contributed by atoms with Crippen LogP contribution in [0.5, 0.6) is 0 Å². The highest BCUT2D eigenvalue weighted by Gasteiger charge is 2.24. The first kappa shape index (κ1) is 16.0. The van der Waals surface area contributed by atoms with E-state index in [0.29, 0.717) is 12.5 Å². The van der Waals surface area contributed by atoms with E-state index in [9.17, 15) is 4.57 Å². The van der Waals surface area contributed by atoms with E-state index in [1.807, 2.05) is 0 Å². The Morgan fingerprint density at radius 3 is 1.73 bits per heavy atom. The maximum atomic E-state index is 11.9. The van der Waals surface area contributed by atoms with Crippen molar-refractivity contribution in [2.75, 3.05) is 43.8 Å². The van der Waals surface area contributed by atoms with Gasteiger partial charge in [0.1, 0.15) is 6.35 Å². The van der Waals surface area contributed by atoms with Gasteiger partial charge >= 0.3 is 7.60 Å². The Morgan fingerprint density at radius 1 is 0.867 bits per heavy atom. The molecule has 0 saturated carbocycles. The molecule has 15 heavy (non-hydrogen) atoms. The fourth-order valence-electron chi connectivity index (χ4n) is 0.690. The van der Waals surface area contributed by atoms with E-state index in [4.69, 9.17) is 48.6 Å². The predicted octanol–water partition coefficient (Wildman–Crippen LogP) is 2.90. The second kappa shape index (κ2) is 10.2. The highest BCUT2D eigenvalue weighted by atomic mass is 35.5. The summed E-state index contributed by atoms with van der Waals surface area (Å²) in [5.41, 5.74) is 0. The van der Waals surface area contributed by atoms with E-state index in [1.54, 1.807) is 0 Å². The van der Waals surface area contributed by atoms with Gasteiger partial charge in [-0.2, -0.15) is 0 Å². The van der Waals surface area contributed by atoms with Gasteiger partial charge in [-0.25, -0.2) is 0 Å². The monoisotopic (exact) mass is 298 g/mol. The summed E-state index contributed by atoms with van der Waals surface area (Å²) in [6.45, 7) is 0.580. The van der Waals surface area contributed by atoms with Gasteiger partial charge in [0.05, 0.1) is 19.8 Å². The number of hydrogen-bond acceptors (Lipinski definition) is 4. The van der Waals surface area contributed by atoms with Crippen molar-refractivity contribution >= 4 is 42.4 Å². The molecule has 0 fully saturated rings. The lowest BCUT2D eigenvalue weighted by Gasteiger charge is -2.17. The van der Waals surface area contributed by atoms with Gasteiger partial charge in [-0.05, 0) is 0 Å². The van der Waals surface area contributed by atoms with Crippen molar-refractivity contribution in [1.29, 1.82) is 0 Å². The molecule has 92 valence electrons. The van der Waals surface area contributed by atoms with Crippen LogP contribution in [-0.2, 0) is 18.3 Å². The van der Waals surface area contributed by atoms with Crippen molar-refractivity contribution in [1.82, 2.24) is 0 Å². The van der Waals surface area contributed by atoms with E-state index in [0.717, 1.165) is 0 Å². The average Bonchev–Trinajstić information content (AvgIpc) is 2.24. The Kier molecular flexibility index (Phi) is 10.8. The molecule has 0 atom stereocenters. The van der Waals surface area contributed by atoms with Crippen molar-refractivity contribution in [3.63, 3.8) is 0 Å². The van der Waals surface area contributed by atoms with Crippen molar-refractivity contribution in [2.24, 2.45) is 0 Å². The van der Waals surface area contributed by atoms with Crippen LogP contribution in [-0.4, -0.2) is 43.8 Å². The molecule has 0 aromatic rings. The minimum absolute atomic E-state index is 0.131. The standard InChI is InChI=1S/C7H14Cl3O4P/c8-1-4-12-7-15(11,13-5-2-9)14-6-3-10/h1-7H2. The highest BCUT2D eigenvalue weighted by Crippen LogP contribution is 2.47. The van der Waals surface area contributed by atoms with Crippen LogP contribution in [0.2, 0.25) is 0 Å². The summed E-state index contributed by atoms with van der Waals surface area (Å²) in [5, 5.41) is 0. The Labute approximate surface area is 105 Å². The SMILES string of the molecule is O=P(COCCCl)(OCCCl)OCCCl. The highest BCUT2D eigenvalue weighted by molar-refractivity contribution is 7.53. The fourth-order valence-corrected chi connectivity index (χ4v) is 2.48. The number of rotatable bonds is 10. The molecule has 0 saturated heterocycles. The van der Waals surface area contributed by atoms with E-state index < -0.39 is 7.60 Å². The zero-order chi connectivity index (χ0) is 11.6. The molecule has 0 spiro atoms. The summed E-state index contributed by atoms with van der Waals surface area (Å²) in [4.78, 5) is 0. The molecule has 8 heteroatoms. The lowest BCUT2D eigenvalue weighted by atomic mass is 10.9. The Morgan fingerprint density at radius 2 is 1.33 bits per heavy atom. The summed E-state index contributed by atoms with van der Waals surface area (Å²) in [6.07, 6.45) is -0.131. The molecule has 0 heterocycles. The van der Waals surface area contributed by atoms with Crippen LogP contribution in [0.25, 0.3) is 0 Å². The molecule has 0 bridgehead atoms. The van der Waals surface area contributed by atoms with Crippen LogP contribution in [0.3, 0.4) is 0 Å². The molecule has 0 N–H and O–H groups in total. The van der Waals surface area contributed by atoms with Crippen LogP contribution < -0.4 is 0 Å². The van der Waals surface area contributed by atoms with Crippen molar-refractivity contribution < 1.29 is 18.3 Å². The number of halogens is 3. The third-order valence-corrected chi connectivity index (χ3v) is 3.31. The lowest BCUT2D eigenvalue weighted by molar-refractivity contribution is 0.143. The van der Waals surface area contributed by atoms with E-state index in [-0.39, 0.29) is 31.3 Å². The fraction of sp³-hybridized carbons (Fsp3) is 1.00. The van der Waals surface area contributed by atoms with Crippen LogP contribution in [0.1, 0.15) is 0 Å². The summed E-state index contributed by atoms with van der Waals surface area (Å²) >= 11 is 16.2. The molecule has 0 aliphatic carbocycles. The lowest BCUT2D eigenvalue weighted by Crippen LogP contribution is -2.07. The van der Waals surface area contributed by atoms with Crippen molar-refractivity contribution in [3.8, 4) is 0 Å². The number of hydrogen-bond donors (Lipinski definition) is 0. The van der Waals surface area contributed by atoms with Gasteiger partial charge in [0.2, 0.25) is 0 Å². The van der Waals surface area contributed by atoms with Gasteiger partial charge in [-0.15, -0.1) is 34.8 Å². The molecular formula is C7H14Cl3O4P. The van der Waals surface area contributed by atoms with Crippen molar-refractivity contribution in [2.45, 2.75) is 0 Å². The Balaban J connectivity index is 3.96. The Hall–Kier alpha value is 0.980. The predicted molar refractivity (Wildman–Crippen MR) is 62.5 cm³/mol. The molecule has 0 aliphatic rings. The topological polar surface area (TPSA) is 44.8 Å². The van der Waals surface area contributed by atoms with Crippen LogP contribution in [0, 0.1) is 0 Å². The quantitative estimate of drug-likeness (QED) is 0.353. The molecular weight excluding hydrogens is 285 g/mol. The Bertz CT molecular complexity index is 181. The zero-order valence-corrected chi connectivity index (χ0v) is 11.3. The number of ether oxygens (including phenoxy) is 1. The molecule has 0 unspecified atom stereocenters. The molecule has 0 aliphatic heterocycles. The second-order valence-corrected chi connectivity index (χ2v) is 5.51. The summed E-state index contributed by atoms with van der Waals surface area (Å²) in [6, 6.07) is 0. The van der Waals surface area contributed by atoms with Gasteiger partial charge in [-0.3, -0.25) is 4.57 Å². The molecule has 0 aromatic carbocycles. The summed E-state index contributed by atoms with van der Waals surface area (Å²) in [5.74, 6) is 0.804. The minimum atomic E-state index is -3.23. The van der Waals surface area contributed by atoms with Crippen molar-refractivity contribution in [3.05, 3.63) is 0 Å². The van der Waals surface area contributed by atoms with Crippen LogP contribution >= 0.6 is 42.4 Å². The molecule has 0 radical (unpaired) electrons. The molecule has 4 nitrogen and oxygen atoms in total. The van der Waals surface area contributed by atoms with Gasteiger partial charge < -0.3 is 13.8 Å². The first-order valence-electron chi connectivity index (χ1n) is 4.32. The van der Waals surface area contributed by atoms with Gasteiger partial charge in [0, 0.05) is 17.6 Å². The molecule has 0 amide bonds. The average molecular weight is 300 g/mol. The van der Waals surface area contributed by atoms with E-state index in [2.05, 4.69) is 0 Å². The first-order valence-corrected chi connectivity index (χ1v) is 7.65. The maximum absolute atomic E-state index is 11.9. The largest absolute Gasteiger partial charge is 0.368 e. The summed E-state index contributed by atoms with van der Waals surface area (Å²) < 4.78 is 26.9. The van der Waals surface area contributed by atoms with Crippen LogP contribution in [0.15, 0.2) is 0 Å². The third kappa shape index (κ3) is 8.75. The van der Waals surface area contributed by atoms with Gasteiger partial charge in [0.15, 0.2) is 0 Å². The summed E-state index contributed by atoms with van der Waals surface area (Å²) in [7, 11) is -3.23. The molecule has 0 aromatic heterocycles.